The number of hydrogen-bond donors (Lipinski definition) is 0. The molecule has 0 N–H and O–H groups in total. The molecule has 0 amide bonds. The quantitative estimate of drug-likeness (QED) is 0.191. The van der Waals surface area contributed by atoms with Crippen molar-refractivity contribution in [2.45, 2.75) is 32.5 Å². The SMILES string of the molecule is Cc1nc2c(c(=O)n1C(c1ccccc1)c1ccccc1)CN(Cc1ccc(-c3ccc([N+](=O)[O-])cc3)o1)CC2. The van der Waals surface area contributed by atoms with E-state index in [1.165, 1.54) is 12.1 Å². The first kappa shape index (κ1) is 25.5. The van der Waals surface area contributed by atoms with Crippen molar-refractivity contribution in [3.8, 4) is 11.3 Å². The fraction of sp³-hybridized carbons (Fsp3) is 0.188. The Labute approximate surface area is 231 Å². The van der Waals surface area contributed by atoms with E-state index in [1.54, 1.807) is 12.1 Å². The molecule has 1 aliphatic rings. The van der Waals surface area contributed by atoms with Gasteiger partial charge in [0.25, 0.3) is 11.2 Å². The lowest BCUT2D eigenvalue weighted by Crippen LogP contribution is -2.40. The summed E-state index contributed by atoms with van der Waals surface area (Å²) < 4.78 is 7.90. The molecule has 0 saturated carbocycles. The maximum absolute atomic E-state index is 14.1. The number of benzene rings is 3. The minimum absolute atomic E-state index is 0.0177. The summed E-state index contributed by atoms with van der Waals surface area (Å²) in [5.41, 5.74) is 4.44. The van der Waals surface area contributed by atoms with Gasteiger partial charge in [0.1, 0.15) is 17.3 Å². The highest BCUT2D eigenvalue weighted by molar-refractivity contribution is 5.59. The second-order valence-corrected chi connectivity index (χ2v) is 10.0. The van der Waals surface area contributed by atoms with Crippen molar-refractivity contribution in [2.75, 3.05) is 6.54 Å². The number of aryl methyl sites for hydroxylation is 1. The minimum Gasteiger partial charge on any atom is -0.460 e. The molecule has 8 heteroatoms. The molecule has 40 heavy (non-hydrogen) atoms. The Bertz CT molecular complexity index is 1670. The van der Waals surface area contributed by atoms with Gasteiger partial charge in [-0.2, -0.15) is 0 Å². The highest BCUT2D eigenvalue weighted by atomic mass is 16.6. The molecule has 5 aromatic rings. The molecule has 0 fully saturated rings. The third kappa shape index (κ3) is 4.97. The van der Waals surface area contributed by atoms with E-state index in [1.807, 2.05) is 60.0 Å². The van der Waals surface area contributed by atoms with Gasteiger partial charge in [0, 0.05) is 37.2 Å². The zero-order chi connectivity index (χ0) is 27.6. The Morgan fingerprint density at radius 1 is 0.925 bits per heavy atom. The normalized spacial score (nSPS) is 13.3. The third-order valence-corrected chi connectivity index (χ3v) is 7.41. The van der Waals surface area contributed by atoms with E-state index in [0.717, 1.165) is 40.3 Å². The summed E-state index contributed by atoms with van der Waals surface area (Å²) in [6.07, 6.45) is 0.684. The number of aromatic nitrogens is 2. The van der Waals surface area contributed by atoms with Crippen LogP contribution >= 0.6 is 0 Å². The number of hydrogen-bond acceptors (Lipinski definition) is 6. The van der Waals surface area contributed by atoms with Crippen LogP contribution in [0.2, 0.25) is 0 Å². The molecule has 3 aromatic carbocycles. The molecule has 0 saturated heterocycles. The van der Waals surface area contributed by atoms with Crippen LogP contribution in [0.4, 0.5) is 5.69 Å². The van der Waals surface area contributed by atoms with Crippen molar-refractivity contribution in [2.24, 2.45) is 0 Å². The molecule has 0 aliphatic carbocycles. The van der Waals surface area contributed by atoms with Gasteiger partial charge in [-0.15, -0.1) is 0 Å². The van der Waals surface area contributed by atoms with E-state index >= 15 is 0 Å². The van der Waals surface area contributed by atoms with E-state index in [2.05, 4.69) is 29.2 Å². The molecule has 0 atom stereocenters. The lowest BCUT2D eigenvalue weighted by atomic mass is 9.97. The topological polar surface area (TPSA) is 94.4 Å². The van der Waals surface area contributed by atoms with Crippen LogP contribution in [0, 0.1) is 17.0 Å². The lowest BCUT2D eigenvalue weighted by Gasteiger charge is -2.30. The molecular formula is C32H28N4O4. The molecule has 0 bridgehead atoms. The Hall–Kier alpha value is -4.82. The molecule has 6 rings (SSSR count). The molecule has 0 spiro atoms. The number of nitrogens with zero attached hydrogens (tertiary/aromatic N) is 4. The van der Waals surface area contributed by atoms with Crippen LogP contribution in [0.15, 0.2) is 106 Å². The number of nitro benzene ring substituents is 1. The average Bonchev–Trinajstić information content (AvgIpc) is 3.45. The summed E-state index contributed by atoms with van der Waals surface area (Å²) in [6.45, 7) is 3.69. The van der Waals surface area contributed by atoms with Gasteiger partial charge >= 0.3 is 0 Å². The number of non-ortho nitro benzene ring substituents is 1. The van der Waals surface area contributed by atoms with Crippen LogP contribution in [-0.4, -0.2) is 25.9 Å². The number of rotatable bonds is 7. The van der Waals surface area contributed by atoms with Crippen LogP contribution in [0.25, 0.3) is 11.3 Å². The molecular weight excluding hydrogens is 504 g/mol. The second-order valence-electron chi connectivity index (χ2n) is 10.0. The minimum atomic E-state index is -0.419. The first-order chi connectivity index (χ1) is 19.5. The highest BCUT2D eigenvalue weighted by Crippen LogP contribution is 2.29. The zero-order valence-electron chi connectivity index (χ0n) is 22.1. The van der Waals surface area contributed by atoms with E-state index in [0.29, 0.717) is 31.1 Å². The van der Waals surface area contributed by atoms with Crippen LogP contribution in [0.1, 0.15) is 40.0 Å². The van der Waals surface area contributed by atoms with Crippen molar-refractivity contribution < 1.29 is 9.34 Å². The number of nitro groups is 1. The van der Waals surface area contributed by atoms with Gasteiger partial charge in [0.15, 0.2) is 0 Å². The summed E-state index contributed by atoms with van der Waals surface area (Å²) in [6, 6.07) is 29.9. The van der Waals surface area contributed by atoms with E-state index < -0.39 is 4.92 Å². The Balaban J connectivity index is 1.28. The van der Waals surface area contributed by atoms with Gasteiger partial charge in [-0.1, -0.05) is 60.7 Å². The predicted octanol–water partition coefficient (Wildman–Crippen LogP) is 5.92. The van der Waals surface area contributed by atoms with Gasteiger partial charge in [0.2, 0.25) is 0 Å². The smallest absolute Gasteiger partial charge is 0.269 e. The van der Waals surface area contributed by atoms with Crippen molar-refractivity contribution in [3.63, 3.8) is 0 Å². The highest BCUT2D eigenvalue weighted by Gasteiger charge is 2.27. The van der Waals surface area contributed by atoms with E-state index in [-0.39, 0.29) is 17.3 Å². The number of fused-ring (bicyclic) bond motifs is 1. The van der Waals surface area contributed by atoms with Gasteiger partial charge in [0.05, 0.1) is 28.8 Å². The monoisotopic (exact) mass is 532 g/mol. The van der Waals surface area contributed by atoms with Crippen LogP contribution in [0.3, 0.4) is 0 Å². The lowest BCUT2D eigenvalue weighted by molar-refractivity contribution is -0.384. The Kier molecular flexibility index (Phi) is 6.84. The summed E-state index contributed by atoms with van der Waals surface area (Å²) >= 11 is 0. The summed E-state index contributed by atoms with van der Waals surface area (Å²) in [4.78, 5) is 31.8. The molecule has 0 radical (unpaired) electrons. The fourth-order valence-corrected chi connectivity index (χ4v) is 5.45. The maximum Gasteiger partial charge on any atom is 0.269 e. The van der Waals surface area contributed by atoms with Crippen LogP contribution in [-0.2, 0) is 19.5 Å². The van der Waals surface area contributed by atoms with Crippen molar-refractivity contribution in [1.29, 1.82) is 0 Å². The maximum atomic E-state index is 14.1. The summed E-state index contributed by atoms with van der Waals surface area (Å²) in [7, 11) is 0. The first-order valence-electron chi connectivity index (χ1n) is 13.2. The second kappa shape index (κ2) is 10.7. The first-order valence-corrected chi connectivity index (χ1v) is 13.2. The third-order valence-electron chi connectivity index (χ3n) is 7.41. The van der Waals surface area contributed by atoms with Gasteiger partial charge in [-0.05, 0) is 42.3 Å². The molecule has 8 nitrogen and oxygen atoms in total. The fourth-order valence-electron chi connectivity index (χ4n) is 5.45. The largest absolute Gasteiger partial charge is 0.460 e. The Morgan fingerprint density at radius 2 is 1.57 bits per heavy atom. The number of furan rings is 1. The molecule has 2 aromatic heterocycles. The van der Waals surface area contributed by atoms with Gasteiger partial charge < -0.3 is 4.42 Å². The Morgan fingerprint density at radius 3 is 2.20 bits per heavy atom. The molecule has 3 heterocycles. The molecule has 0 unspecified atom stereocenters. The van der Waals surface area contributed by atoms with Crippen molar-refractivity contribution in [3.05, 3.63) is 151 Å². The van der Waals surface area contributed by atoms with Crippen molar-refractivity contribution >= 4 is 5.69 Å². The summed E-state index contributed by atoms with van der Waals surface area (Å²) in [5, 5.41) is 11.0. The van der Waals surface area contributed by atoms with Gasteiger partial charge in [-0.25, -0.2) is 4.98 Å². The standard InChI is InChI=1S/C32H28N4O4/c1-22-33-29-18-19-34(20-27-16-17-30(40-27)23-12-14-26(15-13-23)36(38)39)21-28(29)32(37)35(22)31(24-8-4-2-5-9-24)25-10-6-3-7-11-25/h2-17,31H,18-21H2,1H3. The molecule has 200 valence electrons. The van der Waals surface area contributed by atoms with Crippen LogP contribution in [0.5, 0.6) is 0 Å². The van der Waals surface area contributed by atoms with Crippen molar-refractivity contribution in [1.82, 2.24) is 14.5 Å². The van der Waals surface area contributed by atoms with E-state index in [4.69, 9.17) is 9.40 Å². The predicted molar refractivity (Wildman–Crippen MR) is 152 cm³/mol. The van der Waals surface area contributed by atoms with E-state index in [9.17, 15) is 14.9 Å². The average molecular weight is 533 g/mol. The summed E-state index contributed by atoms with van der Waals surface area (Å²) in [5.74, 6) is 2.12. The van der Waals surface area contributed by atoms with Crippen LogP contribution < -0.4 is 5.56 Å². The van der Waals surface area contributed by atoms with Gasteiger partial charge in [-0.3, -0.25) is 24.4 Å². The zero-order valence-corrected chi connectivity index (χ0v) is 22.1. The molecule has 1 aliphatic heterocycles.